The number of para-hydroxylation sites is 5. The third-order valence-electron chi connectivity index (χ3n) is 17.4. The van der Waals surface area contributed by atoms with Crippen molar-refractivity contribution in [1.82, 2.24) is 24.5 Å². The number of hydrogen-bond acceptors (Lipinski definition) is 6. The highest BCUT2D eigenvalue weighted by atomic mass is 15.2. The summed E-state index contributed by atoms with van der Waals surface area (Å²) in [5, 5.41) is 2.28. The van der Waals surface area contributed by atoms with Crippen LogP contribution in [-0.4, -0.2) is 31.2 Å². The smallest absolute Gasteiger partial charge is 0.252 e. The maximum absolute atomic E-state index is 5.48. The summed E-state index contributed by atoms with van der Waals surface area (Å²) < 4.78 is 2.39. The van der Waals surface area contributed by atoms with Gasteiger partial charge in [0.25, 0.3) is 6.71 Å². The van der Waals surface area contributed by atoms with Crippen molar-refractivity contribution in [1.29, 1.82) is 0 Å². The summed E-state index contributed by atoms with van der Waals surface area (Å²) in [5.74, 6) is 1.13. The highest BCUT2D eigenvalue weighted by molar-refractivity contribution is 7.00. The Morgan fingerprint density at radius 3 is 1.15 bits per heavy atom. The van der Waals surface area contributed by atoms with Gasteiger partial charge < -0.3 is 14.4 Å². The first-order chi connectivity index (χ1) is 43.6. The molecule has 0 N–H and O–H groups in total. The Kier molecular flexibility index (Phi) is 12.2. The summed E-state index contributed by atoms with van der Waals surface area (Å²) >= 11 is 0. The van der Waals surface area contributed by atoms with E-state index in [4.69, 9.17) is 19.9 Å². The molecule has 0 saturated carbocycles. The zero-order valence-corrected chi connectivity index (χ0v) is 47.7. The molecule has 12 aromatic carbocycles. The SMILES string of the molecule is c1ccc(-c2cc(-c3ccccc3)nc(-c3ccc(-n4c5ccccc5c5cc(-c6cc7c8c(c6)N(c6ccccc6)c6ccccc6B8c6ccccc6N7c6ccccc6)ccc54)cc3-c3nc(-c4ccccc4)cc(-c4ccccc4)n3)n2)cc1. The first-order valence-electron chi connectivity index (χ1n) is 29.9. The van der Waals surface area contributed by atoms with E-state index in [1.165, 1.54) is 27.8 Å². The van der Waals surface area contributed by atoms with Crippen molar-refractivity contribution in [3.63, 3.8) is 0 Å². The second-order valence-corrected chi connectivity index (χ2v) is 22.5. The van der Waals surface area contributed by atoms with E-state index in [2.05, 4.69) is 306 Å². The normalized spacial score (nSPS) is 12.2. The molecule has 0 radical (unpaired) electrons. The van der Waals surface area contributed by atoms with Crippen molar-refractivity contribution in [2.24, 2.45) is 0 Å². The van der Waals surface area contributed by atoms with Gasteiger partial charge in [0.1, 0.15) is 0 Å². The topological polar surface area (TPSA) is 63.0 Å². The molecule has 410 valence electrons. The van der Waals surface area contributed by atoms with Gasteiger partial charge >= 0.3 is 0 Å². The maximum Gasteiger partial charge on any atom is 0.252 e. The number of hydrogen-bond donors (Lipinski definition) is 0. The van der Waals surface area contributed by atoms with Crippen LogP contribution in [0, 0.1) is 0 Å². The van der Waals surface area contributed by atoms with Crippen LogP contribution in [-0.2, 0) is 0 Å². The second kappa shape index (κ2) is 21.1. The van der Waals surface area contributed by atoms with Gasteiger partial charge in [-0.3, -0.25) is 0 Å². The highest BCUT2D eigenvalue weighted by Gasteiger charge is 2.43. The van der Waals surface area contributed by atoms with Gasteiger partial charge in [0.15, 0.2) is 11.6 Å². The minimum absolute atomic E-state index is 0.0181. The number of rotatable bonds is 10. The molecule has 88 heavy (non-hydrogen) atoms. The van der Waals surface area contributed by atoms with Crippen molar-refractivity contribution in [2.75, 3.05) is 9.80 Å². The zero-order valence-electron chi connectivity index (χ0n) is 47.7. The van der Waals surface area contributed by atoms with Crippen LogP contribution in [0.25, 0.3) is 106 Å². The highest BCUT2D eigenvalue weighted by Crippen LogP contribution is 2.47. The lowest BCUT2D eigenvalue weighted by atomic mass is 9.33. The molecule has 0 bridgehead atoms. The minimum atomic E-state index is 0.0181. The number of benzene rings is 12. The second-order valence-electron chi connectivity index (χ2n) is 22.5. The fourth-order valence-electron chi connectivity index (χ4n) is 13.4. The molecule has 3 aromatic heterocycles. The summed E-state index contributed by atoms with van der Waals surface area (Å²) in [7, 11) is 0. The number of nitrogens with zero attached hydrogens (tertiary/aromatic N) is 7. The Bertz CT molecular complexity index is 4930. The molecule has 5 heterocycles. The molecule has 2 aliphatic rings. The van der Waals surface area contributed by atoms with Gasteiger partial charge in [-0.25, -0.2) is 19.9 Å². The van der Waals surface area contributed by atoms with Crippen molar-refractivity contribution in [3.05, 3.63) is 315 Å². The fraction of sp³-hybridized carbons (Fsp3) is 0. The van der Waals surface area contributed by atoms with Crippen LogP contribution in [0.1, 0.15) is 0 Å². The minimum Gasteiger partial charge on any atom is -0.311 e. The average molecular weight is 1120 g/mol. The molecule has 0 unspecified atom stereocenters. The molecule has 17 rings (SSSR count). The van der Waals surface area contributed by atoms with Gasteiger partial charge in [0.2, 0.25) is 0 Å². The lowest BCUT2D eigenvalue weighted by molar-refractivity contribution is 1.14. The van der Waals surface area contributed by atoms with Gasteiger partial charge in [0.05, 0.1) is 33.8 Å². The standard InChI is InChI=1S/C80H52BN7/c1-7-25-53(26-8-1)68-51-69(54-27-9-2-10-28-54)83-79(82-68)63-45-44-61(50-65(63)80-84-70(55-29-11-3-12-30-55)52-71(85-80)56-31-13-4-14-32-56)88-72-40-22-19-37-62(72)64-47-57(43-46-73(64)88)58-48-76-78-77(49-58)87(60-35-17-6-18-36-60)75-42-24-21-39-67(75)81(78)66-38-20-23-41-74(66)86(76)59-33-15-5-16-34-59/h1-52H. The summed E-state index contributed by atoms with van der Waals surface area (Å²) in [4.78, 5) is 26.7. The zero-order chi connectivity index (χ0) is 58.1. The molecule has 7 nitrogen and oxygen atoms in total. The molecule has 0 saturated heterocycles. The number of aromatic nitrogens is 5. The summed E-state index contributed by atoms with van der Waals surface area (Å²) in [6, 6.07) is 112. The van der Waals surface area contributed by atoms with Crippen LogP contribution in [0.3, 0.4) is 0 Å². The maximum atomic E-state index is 5.48. The summed E-state index contributed by atoms with van der Waals surface area (Å²) in [5.41, 5.74) is 25.0. The van der Waals surface area contributed by atoms with Gasteiger partial charge in [0, 0.05) is 84.0 Å². The molecule has 0 aliphatic carbocycles. The van der Waals surface area contributed by atoms with E-state index in [0.29, 0.717) is 11.6 Å². The predicted molar refractivity (Wildman–Crippen MR) is 364 cm³/mol. The molecular formula is C80H52BN7. The molecule has 8 heteroatoms. The van der Waals surface area contributed by atoms with E-state index in [0.717, 1.165) is 118 Å². The Balaban J connectivity index is 0.890. The summed E-state index contributed by atoms with van der Waals surface area (Å²) in [6.45, 7) is 0.0181. The van der Waals surface area contributed by atoms with Gasteiger partial charge in [-0.15, -0.1) is 0 Å². The van der Waals surface area contributed by atoms with Crippen LogP contribution in [0.2, 0.25) is 0 Å². The first kappa shape index (κ1) is 50.8. The Morgan fingerprint density at radius 2 is 0.659 bits per heavy atom. The monoisotopic (exact) mass is 1120 g/mol. The Labute approximate surface area is 510 Å². The van der Waals surface area contributed by atoms with Gasteiger partial charge in [-0.2, -0.15) is 0 Å². The molecule has 0 atom stereocenters. The first-order valence-corrected chi connectivity index (χ1v) is 29.9. The largest absolute Gasteiger partial charge is 0.311 e. The van der Waals surface area contributed by atoms with Crippen LogP contribution >= 0.6 is 0 Å². The summed E-state index contributed by atoms with van der Waals surface area (Å²) in [6.07, 6.45) is 0. The number of anilines is 6. The van der Waals surface area contributed by atoms with Gasteiger partial charge in [-0.1, -0.05) is 218 Å². The van der Waals surface area contributed by atoms with E-state index in [1.54, 1.807) is 0 Å². The molecular weight excluding hydrogens is 1070 g/mol. The van der Waals surface area contributed by atoms with Crippen molar-refractivity contribution < 1.29 is 0 Å². The quantitative estimate of drug-likeness (QED) is 0.127. The average Bonchev–Trinajstić information content (AvgIpc) is 0.946. The van der Waals surface area contributed by atoms with E-state index in [9.17, 15) is 0 Å². The van der Waals surface area contributed by atoms with E-state index >= 15 is 0 Å². The predicted octanol–water partition coefficient (Wildman–Crippen LogP) is 18.1. The molecule has 0 spiro atoms. The van der Waals surface area contributed by atoms with Crippen LogP contribution < -0.4 is 26.2 Å². The third-order valence-corrected chi connectivity index (χ3v) is 17.4. The molecule has 2 aliphatic heterocycles. The van der Waals surface area contributed by atoms with Crippen molar-refractivity contribution >= 4 is 79.0 Å². The van der Waals surface area contributed by atoms with E-state index < -0.39 is 0 Å². The number of fused-ring (bicyclic) bond motifs is 7. The van der Waals surface area contributed by atoms with Crippen molar-refractivity contribution in [3.8, 4) is 84.6 Å². The molecule has 15 aromatic rings. The molecule has 0 amide bonds. The fourth-order valence-corrected chi connectivity index (χ4v) is 13.4. The van der Waals surface area contributed by atoms with Crippen molar-refractivity contribution in [2.45, 2.75) is 0 Å². The van der Waals surface area contributed by atoms with Crippen LogP contribution in [0.5, 0.6) is 0 Å². The Hall–Kier alpha value is -11.7. The van der Waals surface area contributed by atoms with E-state index in [-0.39, 0.29) is 6.71 Å². The third kappa shape index (κ3) is 8.60. The lowest BCUT2D eigenvalue weighted by Gasteiger charge is -2.44. The molecule has 0 fully saturated rings. The van der Waals surface area contributed by atoms with E-state index in [1.807, 2.05) is 24.3 Å². The van der Waals surface area contributed by atoms with Crippen LogP contribution in [0.15, 0.2) is 315 Å². The van der Waals surface area contributed by atoms with Crippen LogP contribution in [0.4, 0.5) is 34.1 Å². The lowest BCUT2D eigenvalue weighted by Crippen LogP contribution is -2.61. The van der Waals surface area contributed by atoms with Gasteiger partial charge in [-0.05, 0) is 125 Å². The Morgan fingerprint density at radius 1 is 0.250 bits per heavy atom.